The van der Waals surface area contributed by atoms with Crippen molar-refractivity contribution in [3.8, 4) is 0 Å². The lowest BCUT2D eigenvalue weighted by molar-refractivity contribution is -0.0387. The summed E-state index contributed by atoms with van der Waals surface area (Å²) in [4.78, 5) is 14.5. The van der Waals surface area contributed by atoms with Crippen LogP contribution in [0.2, 0.25) is 0 Å². The number of morpholine rings is 1. The Labute approximate surface area is 129 Å². The average molecular weight is 424 g/mol. The summed E-state index contributed by atoms with van der Waals surface area (Å²) in [5.41, 5.74) is 0.725. The minimum absolute atomic E-state index is 0.0723. The molecule has 2 atom stereocenters. The Bertz CT molecular complexity index is 466. The molecule has 0 aliphatic carbocycles. The van der Waals surface area contributed by atoms with Crippen molar-refractivity contribution in [3.63, 3.8) is 0 Å². The maximum Gasteiger partial charge on any atom is 0.255 e. The Morgan fingerprint density at radius 1 is 1.50 bits per heavy atom. The Kier molecular flexibility index (Phi) is 4.66. The molecule has 5 heteroatoms. The summed E-state index contributed by atoms with van der Waals surface area (Å²) in [5, 5.41) is 0. The van der Waals surface area contributed by atoms with Crippen LogP contribution in [0.4, 0.5) is 0 Å². The summed E-state index contributed by atoms with van der Waals surface area (Å²) in [6, 6.07) is 5.94. The number of halogens is 2. The van der Waals surface area contributed by atoms with Gasteiger partial charge in [0.05, 0.1) is 24.3 Å². The molecule has 98 valence electrons. The first-order valence-corrected chi connectivity index (χ1v) is 7.74. The molecule has 1 aliphatic rings. The first-order valence-electron chi connectivity index (χ1n) is 5.86. The van der Waals surface area contributed by atoms with E-state index in [2.05, 4.69) is 38.5 Å². The lowest BCUT2D eigenvalue weighted by Gasteiger charge is -2.37. The third-order valence-electron chi connectivity index (χ3n) is 3.03. The number of amides is 1. The van der Waals surface area contributed by atoms with Crippen LogP contribution in [-0.4, -0.2) is 36.1 Å². The smallest absolute Gasteiger partial charge is 0.255 e. The third kappa shape index (κ3) is 3.05. The van der Waals surface area contributed by atoms with Crippen LogP contribution < -0.4 is 0 Å². The van der Waals surface area contributed by atoms with Crippen molar-refractivity contribution in [2.75, 3.05) is 13.2 Å². The molecule has 1 fully saturated rings. The molecule has 0 N–H and O–H groups in total. The minimum atomic E-state index is 0.0723. The van der Waals surface area contributed by atoms with E-state index in [9.17, 15) is 4.79 Å². The molecule has 2 rings (SSSR count). The summed E-state index contributed by atoms with van der Waals surface area (Å²) >= 11 is 5.67. The van der Waals surface area contributed by atoms with E-state index in [-0.39, 0.29) is 18.1 Å². The van der Waals surface area contributed by atoms with Gasteiger partial charge in [-0.05, 0) is 70.6 Å². The molecular weight excluding hydrogens is 409 g/mol. The Morgan fingerprint density at radius 2 is 2.22 bits per heavy atom. The van der Waals surface area contributed by atoms with Crippen LogP contribution in [0.1, 0.15) is 24.2 Å². The SMILES string of the molecule is CC1CN(C(=O)c2cc(I)ccc2Br)C(C)CO1. The van der Waals surface area contributed by atoms with Gasteiger partial charge in [0.15, 0.2) is 0 Å². The topological polar surface area (TPSA) is 29.5 Å². The maximum absolute atomic E-state index is 12.6. The third-order valence-corrected chi connectivity index (χ3v) is 4.39. The van der Waals surface area contributed by atoms with Crippen molar-refractivity contribution in [1.82, 2.24) is 4.90 Å². The molecule has 1 amide bonds. The number of benzene rings is 1. The molecule has 0 saturated carbocycles. The normalized spacial score (nSPS) is 24.1. The average Bonchev–Trinajstić information content (AvgIpc) is 2.34. The predicted octanol–water partition coefficient (Wildman–Crippen LogP) is 3.30. The van der Waals surface area contributed by atoms with Crippen LogP contribution >= 0.6 is 38.5 Å². The molecule has 0 bridgehead atoms. The fraction of sp³-hybridized carbons (Fsp3) is 0.462. The molecule has 1 aliphatic heterocycles. The summed E-state index contributed by atoms with van der Waals surface area (Å²) in [7, 11) is 0. The first-order chi connectivity index (χ1) is 8.49. The zero-order valence-corrected chi connectivity index (χ0v) is 14.1. The molecule has 18 heavy (non-hydrogen) atoms. The van der Waals surface area contributed by atoms with E-state index in [1.807, 2.05) is 36.9 Å². The summed E-state index contributed by atoms with van der Waals surface area (Å²) in [6.07, 6.45) is 0.103. The number of rotatable bonds is 1. The molecule has 0 spiro atoms. The zero-order valence-electron chi connectivity index (χ0n) is 10.3. The zero-order chi connectivity index (χ0) is 13.3. The van der Waals surface area contributed by atoms with Gasteiger partial charge in [0.25, 0.3) is 5.91 Å². The van der Waals surface area contributed by atoms with E-state index < -0.39 is 0 Å². The lowest BCUT2D eigenvalue weighted by atomic mass is 10.1. The van der Waals surface area contributed by atoms with Crippen LogP contribution in [0.3, 0.4) is 0 Å². The molecular formula is C13H15BrINO2. The van der Waals surface area contributed by atoms with Gasteiger partial charge in [-0.25, -0.2) is 0 Å². The van der Waals surface area contributed by atoms with Gasteiger partial charge in [-0.15, -0.1) is 0 Å². The van der Waals surface area contributed by atoms with Crippen molar-refractivity contribution in [2.45, 2.75) is 26.0 Å². The summed E-state index contributed by atoms with van der Waals surface area (Å²) < 4.78 is 7.46. The molecule has 0 aromatic heterocycles. The second kappa shape index (κ2) is 5.88. The van der Waals surface area contributed by atoms with Gasteiger partial charge in [-0.3, -0.25) is 4.79 Å². The summed E-state index contributed by atoms with van der Waals surface area (Å²) in [5.74, 6) is 0.0723. The van der Waals surface area contributed by atoms with Crippen molar-refractivity contribution in [1.29, 1.82) is 0 Å². The predicted molar refractivity (Wildman–Crippen MR) is 82.8 cm³/mol. The number of carbonyl (C=O) groups excluding carboxylic acids is 1. The van der Waals surface area contributed by atoms with Gasteiger partial charge in [0, 0.05) is 14.6 Å². The molecule has 1 aromatic carbocycles. The monoisotopic (exact) mass is 423 g/mol. The van der Waals surface area contributed by atoms with E-state index in [1.54, 1.807) is 0 Å². The highest BCUT2D eigenvalue weighted by molar-refractivity contribution is 14.1. The number of nitrogens with zero attached hydrogens (tertiary/aromatic N) is 1. The number of hydrogen-bond acceptors (Lipinski definition) is 2. The van der Waals surface area contributed by atoms with Crippen molar-refractivity contribution in [3.05, 3.63) is 31.8 Å². The summed E-state index contributed by atoms with van der Waals surface area (Å²) in [6.45, 7) is 5.27. The van der Waals surface area contributed by atoms with Crippen LogP contribution in [0.5, 0.6) is 0 Å². The molecule has 2 unspecified atom stereocenters. The van der Waals surface area contributed by atoms with Gasteiger partial charge < -0.3 is 9.64 Å². The van der Waals surface area contributed by atoms with Crippen LogP contribution in [0.15, 0.2) is 22.7 Å². The highest BCUT2D eigenvalue weighted by Crippen LogP contribution is 2.23. The molecule has 1 aromatic rings. The van der Waals surface area contributed by atoms with Crippen molar-refractivity contribution < 1.29 is 9.53 Å². The second-order valence-electron chi connectivity index (χ2n) is 4.57. The quantitative estimate of drug-likeness (QED) is 0.648. The number of ether oxygens (including phenoxy) is 1. The second-order valence-corrected chi connectivity index (χ2v) is 6.67. The minimum Gasteiger partial charge on any atom is -0.375 e. The van der Waals surface area contributed by atoms with E-state index >= 15 is 0 Å². The van der Waals surface area contributed by atoms with Gasteiger partial charge >= 0.3 is 0 Å². The molecule has 0 radical (unpaired) electrons. The molecule has 1 saturated heterocycles. The first kappa shape index (κ1) is 14.3. The Morgan fingerprint density at radius 3 is 2.94 bits per heavy atom. The highest BCUT2D eigenvalue weighted by atomic mass is 127. The van der Waals surface area contributed by atoms with Crippen molar-refractivity contribution >= 4 is 44.4 Å². The van der Waals surface area contributed by atoms with Crippen LogP contribution in [0.25, 0.3) is 0 Å². The van der Waals surface area contributed by atoms with Gasteiger partial charge in [0.1, 0.15) is 0 Å². The number of carbonyl (C=O) groups is 1. The molecule has 3 nitrogen and oxygen atoms in total. The Hall–Kier alpha value is -0.140. The standard InChI is InChI=1S/C13H15BrINO2/c1-8-7-18-9(2)6-16(8)13(17)11-5-10(15)3-4-12(11)14/h3-5,8-9H,6-7H2,1-2H3. The van der Waals surface area contributed by atoms with E-state index in [1.165, 1.54) is 0 Å². The van der Waals surface area contributed by atoms with Gasteiger partial charge in [-0.1, -0.05) is 0 Å². The fourth-order valence-electron chi connectivity index (χ4n) is 2.00. The fourth-order valence-corrected chi connectivity index (χ4v) is 2.91. The van der Waals surface area contributed by atoms with E-state index in [0.717, 1.165) is 13.6 Å². The van der Waals surface area contributed by atoms with Gasteiger partial charge in [0.2, 0.25) is 0 Å². The Balaban J connectivity index is 2.27. The largest absolute Gasteiger partial charge is 0.375 e. The molecule has 1 heterocycles. The van der Waals surface area contributed by atoms with E-state index in [4.69, 9.17) is 4.74 Å². The van der Waals surface area contributed by atoms with Crippen LogP contribution in [0, 0.1) is 3.57 Å². The van der Waals surface area contributed by atoms with Crippen molar-refractivity contribution in [2.24, 2.45) is 0 Å². The highest BCUT2D eigenvalue weighted by Gasteiger charge is 2.29. The van der Waals surface area contributed by atoms with E-state index in [0.29, 0.717) is 13.2 Å². The maximum atomic E-state index is 12.6. The lowest BCUT2D eigenvalue weighted by Crippen LogP contribution is -2.50. The van der Waals surface area contributed by atoms with Crippen LogP contribution in [-0.2, 0) is 4.74 Å². The van der Waals surface area contributed by atoms with Gasteiger partial charge in [-0.2, -0.15) is 0 Å². The number of hydrogen-bond donors (Lipinski definition) is 0.